The van der Waals surface area contributed by atoms with Gasteiger partial charge in [-0.1, -0.05) is 13.0 Å². The first kappa shape index (κ1) is 10.1. The summed E-state index contributed by atoms with van der Waals surface area (Å²) in [6, 6.07) is 7.96. The molecule has 0 saturated heterocycles. The molecular weight excluding hydrogens is 188 g/mol. The number of nitrogens with zero attached hydrogens (tertiary/aromatic N) is 1. The molecule has 1 atom stereocenters. The second kappa shape index (κ2) is 3.95. The maximum atomic E-state index is 9.02. The molecule has 0 aliphatic rings. The zero-order valence-electron chi connectivity index (χ0n) is 8.85. The van der Waals surface area contributed by atoms with E-state index >= 15 is 0 Å². The van der Waals surface area contributed by atoms with Gasteiger partial charge in [-0.2, -0.15) is 0 Å². The molecule has 2 aromatic rings. The molecule has 0 fully saturated rings. The summed E-state index contributed by atoms with van der Waals surface area (Å²) in [6.07, 6.45) is 2.04. The van der Waals surface area contributed by atoms with Crippen LogP contribution in [0.1, 0.15) is 6.92 Å². The molecule has 0 saturated carbocycles. The van der Waals surface area contributed by atoms with Crippen molar-refractivity contribution in [2.45, 2.75) is 13.5 Å². The van der Waals surface area contributed by atoms with Crippen molar-refractivity contribution in [3.05, 3.63) is 30.5 Å². The Morgan fingerprint density at radius 3 is 2.93 bits per heavy atom. The monoisotopic (exact) mass is 204 g/mol. The minimum atomic E-state index is 0.210. The number of nitrogens with two attached hydrogens (primary N) is 1. The Labute approximate surface area is 89.1 Å². The minimum Gasteiger partial charge on any atom is -0.399 e. The highest BCUT2D eigenvalue weighted by Gasteiger charge is 2.05. The Hall–Kier alpha value is -1.48. The first-order valence-corrected chi connectivity index (χ1v) is 5.16. The Balaban J connectivity index is 2.39. The van der Waals surface area contributed by atoms with Crippen LogP contribution < -0.4 is 5.73 Å². The van der Waals surface area contributed by atoms with E-state index in [9.17, 15) is 0 Å². The number of benzene rings is 1. The van der Waals surface area contributed by atoms with Gasteiger partial charge in [0, 0.05) is 25.0 Å². The zero-order chi connectivity index (χ0) is 10.8. The standard InChI is InChI=1S/C12H16N2O/c1-9(8-15)7-14-5-4-10-2-3-11(13)6-12(10)14/h2-6,9,15H,7-8,13H2,1H3. The smallest absolute Gasteiger partial charge is 0.0501 e. The highest BCUT2D eigenvalue weighted by Crippen LogP contribution is 2.19. The van der Waals surface area contributed by atoms with E-state index in [1.54, 1.807) is 0 Å². The predicted octanol–water partition coefficient (Wildman–Crippen LogP) is 1.85. The molecule has 1 unspecified atom stereocenters. The van der Waals surface area contributed by atoms with Crippen LogP contribution in [0.25, 0.3) is 10.9 Å². The molecule has 3 heteroatoms. The van der Waals surface area contributed by atoms with Crippen molar-refractivity contribution >= 4 is 16.6 Å². The average molecular weight is 204 g/mol. The number of hydrogen-bond acceptors (Lipinski definition) is 2. The van der Waals surface area contributed by atoms with Crippen molar-refractivity contribution in [3.63, 3.8) is 0 Å². The van der Waals surface area contributed by atoms with E-state index in [2.05, 4.69) is 10.6 Å². The Bertz CT molecular complexity index is 462. The SMILES string of the molecule is CC(CO)Cn1ccc2ccc(N)cc21. The molecule has 0 amide bonds. The maximum absolute atomic E-state index is 9.02. The van der Waals surface area contributed by atoms with Gasteiger partial charge in [0.2, 0.25) is 0 Å². The van der Waals surface area contributed by atoms with E-state index in [0.29, 0.717) is 0 Å². The number of aliphatic hydroxyl groups is 1. The van der Waals surface area contributed by atoms with Gasteiger partial charge in [0.25, 0.3) is 0 Å². The average Bonchev–Trinajstić information content (AvgIpc) is 2.61. The third-order valence-electron chi connectivity index (χ3n) is 2.62. The van der Waals surface area contributed by atoms with Gasteiger partial charge in [0.05, 0.1) is 5.52 Å². The predicted molar refractivity (Wildman–Crippen MR) is 62.6 cm³/mol. The van der Waals surface area contributed by atoms with Crippen molar-refractivity contribution in [1.29, 1.82) is 0 Å². The summed E-state index contributed by atoms with van der Waals surface area (Å²) in [7, 11) is 0. The van der Waals surface area contributed by atoms with Gasteiger partial charge in [-0.3, -0.25) is 0 Å². The number of nitrogen functional groups attached to an aromatic ring is 1. The third kappa shape index (κ3) is 1.97. The largest absolute Gasteiger partial charge is 0.399 e. The number of fused-ring (bicyclic) bond motifs is 1. The van der Waals surface area contributed by atoms with Gasteiger partial charge in [0.1, 0.15) is 0 Å². The fourth-order valence-corrected chi connectivity index (χ4v) is 1.75. The molecule has 1 aromatic carbocycles. The summed E-state index contributed by atoms with van der Waals surface area (Å²) in [5.74, 6) is 0.266. The summed E-state index contributed by atoms with van der Waals surface area (Å²) in [5.41, 5.74) is 7.66. The molecule has 3 nitrogen and oxygen atoms in total. The third-order valence-corrected chi connectivity index (χ3v) is 2.62. The highest BCUT2D eigenvalue weighted by molar-refractivity contribution is 5.83. The first-order valence-electron chi connectivity index (χ1n) is 5.16. The molecule has 0 aliphatic heterocycles. The lowest BCUT2D eigenvalue weighted by molar-refractivity contribution is 0.224. The quantitative estimate of drug-likeness (QED) is 0.750. The van der Waals surface area contributed by atoms with Crippen LogP contribution in [0.15, 0.2) is 30.5 Å². The van der Waals surface area contributed by atoms with Crippen molar-refractivity contribution < 1.29 is 5.11 Å². The molecule has 0 radical (unpaired) electrons. The minimum absolute atomic E-state index is 0.210. The van der Waals surface area contributed by atoms with E-state index in [0.717, 1.165) is 17.7 Å². The van der Waals surface area contributed by atoms with Crippen molar-refractivity contribution in [3.8, 4) is 0 Å². The van der Waals surface area contributed by atoms with Gasteiger partial charge in [0.15, 0.2) is 0 Å². The summed E-state index contributed by atoms with van der Waals surface area (Å²) >= 11 is 0. The van der Waals surface area contributed by atoms with E-state index < -0.39 is 0 Å². The molecular formula is C12H16N2O. The van der Waals surface area contributed by atoms with Gasteiger partial charge in [-0.15, -0.1) is 0 Å². The zero-order valence-corrected chi connectivity index (χ0v) is 8.85. The number of rotatable bonds is 3. The Morgan fingerprint density at radius 2 is 2.20 bits per heavy atom. The Morgan fingerprint density at radius 1 is 1.40 bits per heavy atom. The lowest BCUT2D eigenvalue weighted by atomic mass is 10.2. The van der Waals surface area contributed by atoms with Gasteiger partial charge in [-0.25, -0.2) is 0 Å². The van der Waals surface area contributed by atoms with E-state index in [4.69, 9.17) is 10.8 Å². The van der Waals surface area contributed by atoms with E-state index in [1.807, 2.05) is 31.3 Å². The molecule has 0 bridgehead atoms. The summed E-state index contributed by atoms with van der Waals surface area (Å²) in [6.45, 7) is 3.06. The van der Waals surface area contributed by atoms with Crippen LogP contribution in [0, 0.1) is 5.92 Å². The molecule has 1 aromatic heterocycles. The molecule has 80 valence electrons. The van der Waals surface area contributed by atoms with Crippen LogP contribution >= 0.6 is 0 Å². The molecule has 3 N–H and O–H groups in total. The number of aliphatic hydroxyl groups excluding tert-OH is 1. The van der Waals surface area contributed by atoms with Crippen LogP contribution in [0.3, 0.4) is 0 Å². The van der Waals surface area contributed by atoms with Gasteiger partial charge < -0.3 is 15.4 Å². The van der Waals surface area contributed by atoms with Crippen LogP contribution in [0.5, 0.6) is 0 Å². The van der Waals surface area contributed by atoms with Crippen molar-refractivity contribution in [2.75, 3.05) is 12.3 Å². The van der Waals surface area contributed by atoms with Gasteiger partial charge in [-0.05, 0) is 29.5 Å². The summed E-state index contributed by atoms with van der Waals surface area (Å²) in [4.78, 5) is 0. The van der Waals surface area contributed by atoms with E-state index in [1.165, 1.54) is 5.39 Å². The lowest BCUT2D eigenvalue weighted by Gasteiger charge is -2.10. The van der Waals surface area contributed by atoms with Crippen molar-refractivity contribution in [1.82, 2.24) is 4.57 Å². The molecule has 2 rings (SSSR count). The second-order valence-corrected chi connectivity index (χ2v) is 4.07. The number of anilines is 1. The van der Waals surface area contributed by atoms with Crippen molar-refractivity contribution in [2.24, 2.45) is 5.92 Å². The van der Waals surface area contributed by atoms with E-state index in [-0.39, 0.29) is 12.5 Å². The fourth-order valence-electron chi connectivity index (χ4n) is 1.75. The summed E-state index contributed by atoms with van der Waals surface area (Å²) in [5, 5.41) is 10.2. The topological polar surface area (TPSA) is 51.2 Å². The highest BCUT2D eigenvalue weighted by atomic mass is 16.3. The van der Waals surface area contributed by atoms with Crippen LogP contribution in [-0.4, -0.2) is 16.3 Å². The first-order chi connectivity index (χ1) is 7.20. The second-order valence-electron chi connectivity index (χ2n) is 4.07. The molecule has 15 heavy (non-hydrogen) atoms. The number of aromatic nitrogens is 1. The van der Waals surface area contributed by atoms with Crippen LogP contribution in [0.2, 0.25) is 0 Å². The maximum Gasteiger partial charge on any atom is 0.0501 e. The Kier molecular flexibility index (Phi) is 2.64. The molecule has 0 spiro atoms. The molecule has 0 aliphatic carbocycles. The number of hydrogen-bond donors (Lipinski definition) is 2. The summed E-state index contributed by atoms with van der Waals surface area (Å²) < 4.78 is 2.13. The lowest BCUT2D eigenvalue weighted by Crippen LogP contribution is -2.10. The van der Waals surface area contributed by atoms with Crippen LogP contribution in [0.4, 0.5) is 5.69 Å². The molecule has 1 heterocycles. The van der Waals surface area contributed by atoms with Gasteiger partial charge >= 0.3 is 0 Å². The fraction of sp³-hybridized carbons (Fsp3) is 0.333. The van der Waals surface area contributed by atoms with Crippen LogP contribution in [-0.2, 0) is 6.54 Å². The normalized spacial score (nSPS) is 13.2.